The zero-order valence-corrected chi connectivity index (χ0v) is 18.5. The van der Waals surface area contributed by atoms with Crippen molar-refractivity contribution >= 4 is 40.6 Å². The third-order valence-corrected chi connectivity index (χ3v) is 5.05. The molecule has 13 heteroatoms. The average molecular weight is 475 g/mol. The van der Waals surface area contributed by atoms with E-state index in [1.807, 2.05) is 24.3 Å². The molecule has 34 heavy (non-hydrogen) atoms. The lowest BCUT2D eigenvalue weighted by Gasteiger charge is -2.22. The van der Waals surface area contributed by atoms with E-state index in [-0.39, 0.29) is 31.8 Å². The van der Waals surface area contributed by atoms with E-state index in [1.165, 1.54) is 0 Å². The number of nitrogens with zero attached hydrogens (tertiary/aromatic N) is 1. The highest BCUT2D eigenvalue weighted by Gasteiger charge is 2.29. The number of amides is 3. The summed E-state index contributed by atoms with van der Waals surface area (Å²) in [6.07, 6.45) is 1.68. The molecule has 0 bridgehead atoms. The van der Waals surface area contributed by atoms with Gasteiger partial charge in [-0.1, -0.05) is 18.2 Å². The van der Waals surface area contributed by atoms with Crippen LogP contribution in [0.15, 0.2) is 35.5 Å². The van der Waals surface area contributed by atoms with Gasteiger partial charge in [-0.05, 0) is 30.9 Å². The number of fused-ring (bicyclic) bond motifs is 1. The minimum Gasteiger partial charge on any atom is -0.480 e. The fraction of sp³-hybridized carbons (Fsp3) is 0.381. The Morgan fingerprint density at radius 3 is 2.35 bits per heavy atom. The Labute approximate surface area is 195 Å². The Bertz CT molecular complexity index is 1060. The molecule has 184 valence electrons. The Balaban J connectivity index is 2.02. The number of benzene rings is 1. The van der Waals surface area contributed by atoms with Gasteiger partial charge < -0.3 is 43.7 Å². The van der Waals surface area contributed by atoms with Gasteiger partial charge in [0, 0.05) is 23.6 Å². The van der Waals surface area contributed by atoms with Crippen molar-refractivity contribution in [3.05, 3.63) is 36.0 Å². The van der Waals surface area contributed by atoms with Crippen LogP contribution in [-0.4, -0.2) is 64.4 Å². The summed E-state index contributed by atoms with van der Waals surface area (Å²) >= 11 is 0. The summed E-state index contributed by atoms with van der Waals surface area (Å²) in [5.74, 6) is -3.85. The molecule has 0 fully saturated rings. The summed E-state index contributed by atoms with van der Waals surface area (Å²) in [5, 5.41) is 15.0. The van der Waals surface area contributed by atoms with Crippen molar-refractivity contribution in [3.63, 3.8) is 0 Å². The zero-order chi connectivity index (χ0) is 25.3. The number of carbonyl (C=O) groups excluding carboxylic acids is 3. The minimum atomic E-state index is -1.39. The molecule has 0 radical (unpaired) electrons. The second-order valence-electron chi connectivity index (χ2n) is 7.75. The maximum absolute atomic E-state index is 12.7. The molecule has 1 aromatic heterocycles. The van der Waals surface area contributed by atoms with Crippen LogP contribution in [0, 0.1) is 0 Å². The van der Waals surface area contributed by atoms with E-state index in [9.17, 15) is 24.3 Å². The summed E-state index contributed by atoms with van der Waals surface area (Å²) in [5.41, 5.74) is 23.4. The molecule has 3 unspecified atom stereocenters. The van der Waals surface area contributed by atoms with Crippen molar-refractivity contribution in [3.8, 4) is 0 Å². The van der Waals surface area contributed by atoms with Gasteiger partial charge >= 0.3 is 5.97 Å². The molecule has 3 amide bonds. The SMILES string of the molecule is NC(=O)CC(NC(=O)C(N)Cc1c[nH]c2ccccc12)C(=O)NC(CCCN=C(N)N)C(=O)O. The van der Waals surface area contributed by atoms with Crippen LogP contribution in [0.25, 0.3) is 10.9 Å². The van der Waals surface area contributed by atoms with Crippen molar-refractivity contribution < 1.29 is 24.3 Å². The largest absolute Gasteiger partial charge is 0.480 e. The molecule has 0 saturated carbocycles. The van der Waals surface area contributed by atoms with E-state index < -0.39 is 48.2 Å². The molecule has 0 spiro atoms. The molecular weight excluding hydrogens is 444 g/mol. The van der Waals surface area contributed by atoms with Crippen molar-refractivity contribution in [1.29, 1.82) is 0 Å². The van der Waals surface area contributed by atoms with Crippen molar-refractivity contribution in [1.82, 2.24) is 15.6 Å². The number of nitrogens with one attached hydrogen (secondary N) is 3. The van der Waals surface area contributed by atoms with Gasteiger partial charge in [0.05, 0.1) is 12.5 Å². The summed E-state index contributed by atoms with van der Waals surface area (Å²) in [4.78, 5) is 55.2. The van der Waals surface area contributed by atoms with Gasteiger partial charge in [-0.15, -0.1) is 0 Å². The molecule has 0 saturated heterocycles. The summed E-state index contributed by atoms with van der Waals surface area (Å²) in [7, 11) is 0. The van der Waals surface area contributed by atoms with E-state index in [2.05, 4.69) is 20.6 Å². The second-order valence-corrected chi connectivity index (χ2v) is 7.75. The van der Waals surface area contributed by atoms with Crippen LogP contribution in [0.2, 0.25) is 0 Å². The molecule has 2 rings (SSSR count). The molecule has 1 heterocycles. The number of nitrogens with two attached hydrogens (primary N) is 4. The van der Waals surface area contributed by atoms with Crippen molar-refractivity contribution in [2.75, 3.05) is 6.54 Å². The fourth-order valence-corrected chi connectivity index (χ4v) is 3.35. The van der Waals surface area contributed by atoms with Gasteiger partial charge in [0.25, 0.3) is 0 Å². The number of primary amides is 1. The number of hydrogen-bond donors (Lipinski definition) is 8. The Hall–Kier alpha value is -4.13. The molecule has 2 aromatic rings. The number of para-hydroxylation sites is 1. The van der Waals surface area contributed by atoms with E-state index in [0.717, 1.165) is 16.5 Å². The summed E-state index contributed by atoms with van der Waals surface area (Å²) < 4.78 is 0. The first-order chi connectivity index (χ1) is 16.1. The normalized spacial score (nSPS) is 13.4. The van der Waals surface area contributed by atoms with Gasteiger partial charge in [-0.3, -0.25) is 19.4 Å². The first-order valence-electron chi connectivity index (χ1n) is 10.6. The molecule has 0 aliphatic rings. The molecule has 0 aliphatic heterocycles. The molecule has 0 aliphatic carbocycles. The van der Waals surface area contributed by atoms with E-state index in [4.69, 9.17) is 22.9 Å². The Kier molecular flexibility index (Phi) is 9.38. The van der Waals surface area contributed by atoms with Crippen LogP contribution in [0.4, 0.5) is 0 Å². The lowest BCUT2D eigenvalue weighted by atomic mass is 10.0. The number of H-pyrrole nitrogens is 1. The van der Waals surface area contributed by atoms with Crippen LogP contribution in [0.1, 0.15) is 24.8 Å². The number of carboxylic acid groups (broad SMARTS) is 1. The summed E-state index contributed by atoms with van der Waals surface area (Å²) in [6.45, 7) is 0.173. The van der Waals surface area contributed by atoms with E-state index in [0.29, 0.717) is 0 Å². The van der Waals surface area contributed by atoms with E-state index in [1.54, 1.807) is 6.20 Å². The highest BCUT2D eigenvalue weighted by Crippen LogP contribution is 2.18. The maximum Gasteiger partial charge on any atom is 0.326 e. The number of aliphatic imine (C=N–C) groups is 1. The average Bonchev–Trinajstić information content (AvgIpc) is 3.17. The van der Waals surface area contributed by atoms with Crippen LogP contribution in [0.5, 0.6) is 0 Å². The summed E-state index contributed by atoms with van der Waals surface area (Å²) in [6, 6.07) is 3.79. The third kappa shape index (κ3) is 7.78. The lowest BCUT2D eigenvalue weighted by molar-refractivity contribution is -0.142. The molecule has 12 N–H and O–H groups in total. The molecule has 13 nitrogen and oxygen atoms in total. The smallest absolute Gasteiger partial charge is 0.326 e. The number of carbonyl (C=O) groups is 4. The number of guanidine groups is 1. The van der Waals surface area contributed by atoms with Gasteiger partial charge in [0.1, 0.15) is 12.1 Å². The van der Waals surface area contributed by atoms with E-state index >= 15 is 0 Å². The van der Waals surface area contributed by atoms with Crippen LogP contribution >= 0.6 is 0 Å². The first-order valence-corrected chi connectivity index (χ1v) is 10.6. The third-order valence-electron chi connectivity index (χ3n) is 5.05. The highest BCUT2D eigenvalue weighted by molar-refractivity contribution is 5.95. The highest BCUT2D eigenvalue weighted by atomic mass is 16.4. The number of aliphatic carboxylic acids is 1. The maximum atomic E-state index is 12.7. The Morgan fingerprint density at radius 1 is 1.03 bits per heavy atom. The van der Waals surface area contributed by atoms with Gasteiger partial charge in [0.15, 0.2) is 5.96 Å². The quantitative estimate of drug-likeness (QED) is 0.0915. The van der Waals surface area contributed by atoms with Crippen molar-refractivity contribution in [2.24, 2.45) is 27.9 Å². The molecular formula is C21H30N8O5. The lowest BCUT2D eigenvalue weighted by Crippen LogP contribution is -2.55. The number of rotatable bonds is 13. The zero-order valence-electron chi connectivity index (χ0n) is 18.5. The van der Waals surface area contributed by atoms with Gasteiger partial charge in [0.2, 0.25) is 17.7 Å². The number of aromatic nitrogens is 1. The van der Waals surface area contributed by atoms with Gasteiger partial charge in [-0.25, -0.2) is 4.79 Å². The topological polar surface area (TPSA) is 245 Å². The molecule has 1 aromatic carbocycles. The monoisotopic (exact) mass is 474 g/mol. The predicted molar refractivity (Wildman–Crippen MR) is 125 cm³/mol. The number of aromatic amines is 1. The Morgan fingerprint density at radius 2 is 1.71 bits per heavy atom. The second kappa shape index (κ2) is 12.2. The van der Waals surface area contributed by atoms with Crippen LogP contribution < -0.4 is 33.6 Å². The standard InChI is InChI=1S/C21H30N8O5/c22-13(8-11-10-27-14-5-2-1-4-12(11)14)18(31)29-16(9-17(23)30)19(32)28-15(20(33)34)6-3-7-26-21(24)25/h1-2,4-5,10,13,15-16,27H,3,6-9,22H2,(H2,23,30)(H,28,32)(H,29,31)(H,33,34)(H4,24,25,26). The predicted octanol–water partition coefficient (Wildman–Crippen LogP) is -1.98. The fourth-order valence-electron chi connectivity index (χ4n) is 3.35. The molecule has 3 atom stereocenters. The first kappa shape index (κ1) is 26.1. The van der Waals surface area contributed by atoms with Gasteiger partial charge in [-0.2, -0.15) is 0 Å². The van der Waals surface area contributed by atoms with Crippen molar-refractivity contribution in [2.45, 2.75) is 43.8 Å². The minimum absolute atomic E-state index is 0.0230. The number of carboxylic acids is 1. The van der Waals surface area contributed by atoms with Crippen LogP contribution in [-0.2, 0) is 25.6 Å². The number of hydrogen-bond acceptors (Lipinski definition) is 6. The van der Waals surface area contributed by atoms with Crippen LogP contribution in [0.3, 0.4) is 0 Å².